The highest BCUT2D eigenvalue weighted by Gasteiger charge is 2.40. The van der Waals surface area contributed by atoms with E-state index in [-0.39, 0.29) is 0 Å². The molecule has 20 heavy (non-hydrogen) atoms. The largest absolute Gasteiger partial charge is 0.340 e. The maximum absolute atomic E-state index is 4.37. The molecule has 4 rings (SSSR count). The molecule has 0 bridgehead atoms. The molecule has 4 heterocycles. The summed E-state index contributed by atoms with van der Waals surface area (Å²) in [5, 5.41) is 4.43. The maximum atomic E-state index is 4.37. The van der Waals surface area contributed by atoms with Gasteiger partial charge in [-0.25, -0.2) is 9.97 Å². The third-order valence-electron chi connectivity index (χ3n) is 4.38. The lowest BCUT2D eigenvalue weighted by molar-refractivity contribution is 0.309. The zero-order valence-electron chi connectivity index (χ0n) is 11.4. The molecule has 104 valence electrons. The first-order chi connectivity index (χ1) is 9.88. The highest BCUT2D eigenvalue weighted by atomic mass is 32.1. The van der Waals surface area contributed by atoms with Crippen LogP contribution in [-0.2, 0) is 6.54 Å². The first kappa shape index (κ1) is 12.3. The number of rotatable bonds is 3. The average Bonchev–Trinajstić information content (AvgIpc) is 3.16. The summed E-state index contributed by atoms with van der Waals surface area (Å²) in [6.07, 6.45) is 3.67. The second kappa shape index (κ2) is 5.14. The summed E-state index contributed by atoms with van der Waals surface area (Å²) in [5.74, 6) is 2.45. The molecule has 4 nitrogen and oxygen atoms in total. The zero-order chi connectivity index (χ0) is 13.4. The van der Waals surface area contributed by atoms with Crippen molar-refractivity contribution in [1.82, 2.24) is 14.9 Å². The number of aromatic nitrogens is 2. The molecule has 0 spiro atoms. The fourth-order valence-electron chi connectivity index (χ4n) is 3.48. The van der Waals surface area contributed by atoms with Crippen molar-refractivity contribution in [1.29, 1.82) is 0 Å². The first-order valence-corrected chi connectivity index (χ1v) is 8.08. The first-order valence-electron chi connectivity index (χ1n) is 7.14. The second-order valence-corrected chi connectivity index (χ2v) is 6.58. The molecule has 0 amide bonds. The van der Waals surface area contributed by atoms with E-state index in [2.05, 4.69) is 36.6 Å². The summed E-state index contributed by atoms with van der Waals surface area (Å²) in [6.45, 7) is 5.75. The van der Waals surface area contributed by atoms with Gasteiger partial charge in [0.1, 0.15) is 0 Å². The lowest BCUT2D eigenvalue weighted by Gasteiger charge is -2.21. The Bertz CT molecular complexity index is 543. The lowest BCUT2D eigenvalue weighted by atomic mass is 10.0. The second-order valence-electron chi connectivity index (χ2n) is 5.80. The van der Waals surface area contributed by atoms with Gasteiger partial charge in [-0.3, -0.25) is 4.90 Å². The summed E-state index contributed by atoms with van der Waals surface area (Å²) in [7, 11) is 0. The summed E-state index contributed by atoms with van der Waals surface area (Å²) >= 11 is 1.79. The summed E-state index contributed by atoms with van der Waals surface area (Å²) in [4.78, 5) is 13.7. The minimum absolute atomic E-state index is 0.775. The minimum Gasteiger partial charge on any atom is -0.340 e. The number of anilines is 1. The molecule has 2 aromatic rings. The Hall–Kier alpha value is -1.46. The molecule has 0 N–H and O–H groups in total. The normalized spacial score (nSPS) is 26.1. The van der Waals surface area contributed by atoms with Crippen LogP contribution in [0.4, 0.5) is 5.95 Å². The molecule has 5 heteroatoms. The van der Waals surface area contributed by atoms with E-state index in [9.17, 15) is 0 Å². The van der Waals surface area contributed by atoms with Gasteiger partial charge in [0, 0.05) is 45.1 Å². The maximum Gasteiger partial charge on any atom is 0.225 e. The Morgan fingerprint density at radius 2 is 1.85 bits per heavy atom. The Labute approximate surface area is 123 Å². The molecule has 0 unspecified atom stereocenters. The number of fused-ring (bicyclic) bond motifs is 1. The lowest BCUT2D eigenvalue weighted by Crippen LogP contribution is -2.29. The Morgan fingerprint density at radius 3 is 2.50 bits per heavy atom. The van der Waals surface area contributed by atoms with Crippen molar-refractivity contribution in [3.05, 3.63) is 40.8 Å². The standard InChI is InChI=1S/C15H18N4S/c1-3-16-15(17-4-1)19-9-13-7-18(8-14(13)10-19)6-12-2-5-20-11-12/h1-5,11,13-14H,6-10H2/t13-,14+. The van der Waals surface area contributed by atoms with Gasteiger partial charge in [0.25, 0.3) is 0 Å². The van der Waals surface area contributed by atoms with E-state index in [1.807, 2.05) is 18.5 Å². The SMILES string of the molecule is c1cnc(N2C[C@H]3CN(Cc4ccsc4)C[C@H]3C2)nc1. The molecule has 2 aliphatic rings. The van der Waals surface area contributed by atoms with Crippen LogP contribution in [0.25, 0.3) is 0 Å². The van der Waals surface area contributed by atoms with Crippen molar-refractivity contribution >= 4 is 17.3 Å². The molecule has 0 saturated carbocycles. The van der Waals surface area contributed by atoms with E-state index in [0.717, 1.165) is 37.4 Å². The van der Waals surface area contributed by atoms with Crippen LogP contribution in [0, 0.1) is 11.8 Å². The van der Waals surface area contributed by atoms with Gasteiger partial charge in [-0.2, -0.15) is 11.3 Å². The van der Waals surface area contributed by atoms with E-state index in [1.54, 1.807) is 11.3 Å². The molecule has 0 aromatic carbocycles. The van der Waals surface area contributed by atoms with Crippen LogP contribution >= 0.6 is 11.3 Å². The van der Waals surface area contributed by atoms with E-state index < -0.39 is 0 Å². The molecule has 0 radical (unpaired) electrons. The summed E-state index contributed by atoms with van der Waals surface area (Å²) in [6, 6.07) is 4.12. The molecule has 2 aliphatic heterocycles. The molecule has 2 saturated heterocycles. The van der Waals surface area contributed by atoms with Crippen LogP contribution < -0.4 is 4.90 Å². The van der Waals surface area contributed by atoms with Gasteiger partial charge in [0.05, 0.1) is 0 Å². The van der Waals surface area contributed by atoms with Crippen LogP contribution in [0.1, 0.15) is 5.56 Å². The van der Waals surface area contributed by atoms with Gasteiger partial charge < -0.3 is 4.90 Å². The molecule has 0 aliphatic carbocycles. The van der Waals surface area contributed by atoms with Gasteiger partial charge in [-0.15, -0.1) is 0 Å². The van der Waals surface area contributed by atoms with Crippen molar-refractivity contribution in [2.75, 3.05) is 31.1 Å². The van der Waals surface area contributed by atoms with Gasteiger partial charge in [0.2, 0.25) is 5.95 Å². The predicted octanol–water partition coefficient (Wildman–Crippen LogP) is 2.11. The molecule has 2 atom stereocenters. The smallest absolute Gasteiger partial charge is 0.225 e. The van der Waals surface area contributed by atoms with Crippen molar-refractivity contribution in [2.24, 2.45) is 11.8 Å². The van der Waals surface area contributed by atoms with Crippen molar-refractivity contribution in [2.45, 2.75) is 6.54 Å². The highest BCUT2D eigenvalue weighted by molar-refractivity contribution is 7.07. The molecular weight excluding hydrogens is 268 g/mol. The summed E-state index contributed by atoms with van der Waals surface area (Å²) < 4.78 is 0. The van der Waals surface area contributed by atoms with E-state index in [0.29, 0.717) is 0 Å². The van der Waals surface area contributed by atoms with Crippen LogP contribution in [-0.4, -0.2) is 41.0 Å². The quantitative estimate of drug-likeness (QED) is 0.865. The zero-order valence-corrected chi connectivity index (χ0v) is 12.2. The number of thiophene rings is 1. The van der Waals surface area contributed by atoms with Crippen molar-refractivity contribution in [3.63, 3.8) is 0 Å². The number of hydrogen-bond acceptors (Lipinski definition) is 5. The monoisotopic (exact) mass is 286 g/mol. The topological polar surface area (TPSA) is 32.3 Å². The number of hydrogen-bond donors (Lipinski definition) is 0. The van der Waals surface area contributed by atoms with E-state index in [4.69, 9.17) is 0 Å². The number of nitrogens with zero attached hydrogens (tertiary/aromatic N) is 4. The average molecular weight is 286 g/mol. The van der Waals surface area contributed by atoms with Crippen molar-refractivity contribution in [3.8, 4) is 0 Å². The third kappa shape index (κ3) is 2.31. The van der Waals surface area contributed by atoms with Crippen LogP contribution in [0.3, 0.4) is 0 Å². The predicted molar refractivity (Wildman–Crippen MR) is 80.8 cm³/mol. The van der Waals surface area contributed by atoms with Gasteiger partial charge in [0.15, 0.2) is 0 Å². The fourth-order valence-corrected chi connectivity index (χ4v) is 4.14. The number of likely N-dealkylation sites (tertiary alicyclic amines) is 1. The van der Waals surface area contributed by atoms with Crippen LogP contribution in [0.5, 0.6) is 0 Å². The summed E-state index contributed by atoms with van der Waals surface area (Å²) in [5.41, 5.74) is 1.46. The third-order valence-corrected chi connectivity index (χ3v) is 5.12. The van der Waals surface area contributed by atoms with E-state index in [1.165, 1.54) is 18.7 Å². The highest BCUT2D eigenvalue weighted by Crippen LogP contribution is 2.33. The van der Waals surface area contributed by atoms with Gasteiger partial charge in [-0.05, 0) is 40.3 Å². The fraction of sp³-hybridized carbons (Fsp3) is 0.467. The Balaban J connectivity index is 1.38. The Kier molecular flexibility index (Phi) is 3.16. The van der Waals surface area contributed by atoms with Crippen LogP contribution in [0.15, 0.2) is 35.3 Å². The molecule has 2 fully saturated rings. The van der Waals surface area contributed by atoms with Crippen molar-refractivity contribution < 1.29 is 0 Å². The van der Waals surface area contributed by atoms with E-state index >= 15 is 0 Å². The minimum atomic E-state index is 0.775. The van der Waals surface area contributed by atoms with Gasteiger partial charge in [-0.1, -0.05) is 0 Å². The van der Waals surface area contributed by atoms with Crippen LogP contribution in [0.2, 0.25) is 0 Å². The van der Waals surface area contributed by atoms with Gasteiger partial charge >= 0.3 is 0 Å². The molecule has 2 aromatic heterocycles. The molecular formula is C15H18N4S. The Morgan fingerprint density at radius 1 is 1.10 bits per heavy atom.